The molecule has 1 aromatic heterocycles. The molecule has 2 aromatic carbocycles. The zero-order valence-electron chi connectivity index (χ0n) is 19.5. The number of thiazole rings is 1. The summed E-state index contributed by atoms with van der Waals surface area (Å²) in [6, 6.07) is 13.1. The van der Waals surface area contributed by atoms with Crippen LogP contribution in [-0.2, 0) is 29.0 Å². The third-order valence-electron chi connectivity index (χ3n) is 6.24. The summed E-state index contributed by atoms with van der Waals surface area (Å²) in [5.74, 6) is -1.36. The summed E-state index contributed by atoms with van der Waals surface area (Å²) >= 11 is 1.45. The van der Waals surface area contributed by atoms with Gasteiger partial charge < -0.3 is 10.4 Å². The highest BCUT2D eigenvalue weighted by atomic mass is 32.1. The molecule has 0 aliphatic heterocycles. The van der Waals surface area contributed by atoms with Crippen LogP contribution in [0.3, 0.4) is 0 Å². The number of nitrogens with zero attached hydrogens (tertiary/aromatic N) is 3. The van der Waals surface area contributed by atoms with Crippen molar-refractivity contribution in [3.63, 3.8) is 0 Å². The molecule has 1 aliphatic carbocycles. The van der Waals surface area contributed by atoms with Gasteiger partial charge in [-0.05, 0) is 49.1 Å². The van der Waals surface area contributed by atoms with Crippen molar-refractivity contribution in [2.75, 3.05) is 20.6 Å². The molecule has 9 heteroatoms. The third-order valence-corrected chi connectivity index (χ3v) is 7.28. The van der Waals surface area contributed by atoms with Gasteiger partial charge in [-0.1, -0.05) is 24.3 Å². The van der Waals surface area contributed by atoms with Crippen LogP contribution in [0.25, 0.3) is 10.2 Å². The number of carboxylic acid groups (broad SMARTS) is 1. The Kier molecular flexibility index (Phi) is 6.67. The van der Waals surface area contributed by atoms with E-state index in [4.69, 9.17) is 0 Å². The SMILES string of the molecule is CCN(C(=O)c1ccc2sc(CNC(=O)C3(CC(=O)O)Cc4ccccc4C3)nc2c1)N(C)C. The molecule has 2 N–H and O–H groups in total. The summed E-state index contributed by atoms with van der Waals surface area (Å²) in [6.45, 7) is 2.68. The van der Waals surface area contributed by atoms with Crippen molar-refractivity contribution in [2.45, 2.75) is 32.7 Å². The molecule has 0 spiro atoms. The molecule has 0 saturated heterocycles. The van der Waals surface area contributed by atoms with Crippen LogP contribution in [0.4, 0.5) is 0 Å². The van der Waals surface area contributed by atoms with Gasteiger partial charge in [0.1, 0.15) is 5.01 Å². The van der Waals surface area contributed by atoms with Crippen LogP contribution in [-0.4, -0.2) is 58.5 Å². The largest absolute Gasteiger partial charge is 0.481 e. The van der Waals surface area contributed by atoms with Crippen molar-refractivity contribution >= 4 is 39.3 Å². The quantitative estimate of drug-likeness (QED) is 0.480. The van der Waals surface area contributed by atoms with Crippen LogP contribution in [0, 0.1) is 5.41 Å². The molecule has 1 aliphatic rings. The average Bonchev–Trinajstić information content (AvgIpc) is 3.37. The predicted octanol–water partition coefficient (Wildman–Crippen LogP) is 3.11. The topological polar surface area (TPSA) is 103 Å². The zero-order valence-corrected chi connectivity index (χ0v) is 20.3. The van der Waals surface area contributed by atoms with Crippen LogP contribution in [0.15, 0.2) is 42.5 Å². The van der Waals surface area contributed by atoms with E-state index in [0.29, 0.717) is 35.5 Å². The number of rotatable bonds is 8. The summed E-state index contributed by atoms with van der Waals surface area (Å²) in [5, 5.41) is 16.5. The smallest absolute Gasteiger partial charge is 0.304 e. The van der Waals surface area contributed by atoms with Gasteiger partial charge in [0, 0.05) is 26.2 Å². The van der Waals surface area contributed by atoms with E-state index in [9.17, 15) is 19.5 Å². The number of benzene rings is 2. The Hall–Kier alpha value is -3.30. The first kappa shape index (κ1) is 23.8. The third kappa shape index (κ3) is 4.67. The molecule has 8 nitrogen and oxygen atoms in total. The highest BCUT2D eigenvalue weighted by Gasteiger charge is 2.45. The summed E-state index contributed by atoms with van der Waals surface area (Å²) < 4.78 is 0.919. The molecular formula is C25H28N4O4S. The minimum Gasteiger partial charge on any atom is -0.481 e. The number of aromatic nitrogens is 1. The maximum absolute atomic E-state index is 13.2. The predicted molar refractivity (Wildman–Crippen MR) is 130 cm³/mol. The van der Waals surface area contributed by atoms with Gasteiger partial charge in [-0.3, -0.25) is 19.4 Å². The average molecular weight is 481 g/mol. The van der Waals surface area contributed by atoms with Gasteiger partial charge in [0.15, 0.2) is 0 Å². The number of hydrogen-bond acceptors (Lipinski definition) is 6. The molecule has 0 fully saturated rings. The van der Waals surface area contributed by atoms with Crippen molar-refractivity contribution in [3.8, 4) is 0 Å². The summed E-state index contributed by atoms with van der Waals surface area (Å²) in [5.41, 5.74) is 2.29. The van der Waals surface area contributed by atoms with Crippen LogP contribution < -0.4 is 5.32 Å². The Labute approximate surface area is 202 Å². The van der Waals surface area contributed by atoms with Crippen LogP contribution in [0.1, 0.15) is 39.8 Å². The Morgan fingerprint density at radius 3 is 2.38 bits per heavy atom. The van der Waals surface area contributed by atoms with Crippen molar-refractivity contribution in [1.82, 2.24) is 20.3 Å². The monoisotopic (exact) mass is 480 g/mol. The zero-order chi connectivity index (χ0) is 24.5. The van der Waals surface area contributed by atoms with E-state index in [1.807, 2.05) is 51.4 Å². The second-order valence-corrected chi connectivity index (χ2v) is 9.93. The maximum atomic E-state index is 13.2. The first-order valence-electron chi connectivity index (χ1n) is 11.2. The van der Waals surface area contributed by atoms with E-state index in [1.54, 1.807) is 22.2 Å². The number of hydrogen-bond donors (Lipinski definition) is 2. The molecule has 4 rings (SSSR count). The molecule has 0 bridgehead atoms. The molecule has 178 valence electrons. The van der Waals surface area contributed by atoms with Gasteiger partial charge in [-0.15, -0.1) is 11.3 Å². The molecule has 0 radical (unpaired) electrons. The maximum Gasteiger partial charge on any atom is 0.304 e. The minimum atomic E-state index is -0.998. The van der Waals surface area contributed by atoms with Crippen molar-refractivity contribution in [3.05, 3.63) is 64.2 Å². The van der Waals surface area contributed by atoms with Gasteiger partial charge in [0.05, 0.1) is 28.6 Å². The van der Waals surface area contributed by atoms with E-state index < -0.39 is 11.4 Å². The van der Waals surface area contributed by atoms with Gasteiger partial charge in [0.2, 0.25) is 5.91 Å². The second-order valence-electron chi connectivity index (χ2n) is 8.81. The number of amides is 2. The minimum absolute atomic E-state index is 0.103. The lowest BCUT2D eigenvalue weighted by atomic mass is 9.80. The second kappa shape index (κ2) is 9.52. The summed E-state index contributed by atoms with van der Waals surface area (Å²) in [6.07, 6.45) is 0.595. The van der Waals surface area contributed by atoms with Crippen LogP contribution in [0.5, 0.6) is 0 Å². The number of hydrazine groups is 1. The molecule has 3 aromatic rings. The summed E-state index contributed by atoms with van der Waals surface area (Å²) in [4.78, 5) is 42.2. The van der Waals surface area contributed by atoms with E-state index in [2.05, 4.69) is 10.3 Å². The Bertz CT molecular complexity index is 1230. The Morgan fingerprint density at radius 2 is 1.79 bits per heavy atom. The molecule has 0 saturated carbocycles. The standard InChI is InChI=1S/C25H28N4O4S/c1-4-29(28(2)3)23(32)16-9-10-20-19(11-16)27-21(34-20)15-26-24(33)25(14-22(30)31)12-17-7-5-6-8-18(17)13-25/h5-11H,4,12-15H2,1-3H3,(H,26,33)(H,30,31). The molecule has 1 heterocycles. The van der Waals surface area contributed by atoms with Crippen molar-refractivity contribution in [2.24, 2.45) is 5.41 Å². The number of nitrogens with one attached hydrogen (secondary N) is 1. The number of fused-ring (bicyclic) bond motifs is 2. The van der Waals surface area contributed by atoms with Crippen LogP contribution in [0.2, 0.25) is 0 Å². The lowest BCUT2D eigenvalue weighted by molar-refractivity contribution is -0.145. The summed E-state index contributed by atoms with van der Waals surface area (Å²) in [7, 11) is 3.65. The number of carbonyl (C=O) groups excluding carboxylic acids is 2. The fraction of sp³-hybridized carbons (Fsp3) is 0.360. The van der Waals surface area contributed by atoms with Crippen LogP contribution >= 0.6 is 11.3 Å². The van der Waals surface area contributed by atoms with E-state index in [0.717, 1.165) is 15.8 Å². The lowest BCUT2D eigenvalue weighted by Crippen LogP contribution is -2.43. The van der Waals surface area contributed by atoms with Gasteiger partial charge in [-0.2, -0.15) is 0 Å². The Balaban J connectivity index is 1.50. The van der Waals surface area contributed by atoms with E-state index in [-0.39, 0.29) is 24.8 Å². The molecule has 34 heavy (non-hydrogen) atoms. The lowest BCUT2D eigenvalue weighted by Gasteiger charge is -2.27. The number of carboxylic acids is 1. The van der Waals surface area contributed by atoms with E-state index in [1.165, 1.54) is 11.3 Å². The molecule has 0 unspecified atom stereocenters. The normalized spacial score (nSPS) is 14.2. The highest BCUT2D eigenvalue weighted by molar-refractivity contribution is 7.18. The fourth-order valence-electron chi connectivity index (χ4n) is 4.63. The van der Waals surface area contributed by atoms with Gasteiger partial charge >= 0.3 is 5.97 Å². The Morgan fingerprint density at radius 1 is 1.12 bits per heavy atom. The fourth-order valence-corrected chi connectivity index (χ4v) is 5.52. The van der Waals surface area contributed by atoms with E-state index >= 15 is 0 Å². The van der Waals surface area contributed by atoms with Crippen molar-refractivity contribution < 1.29 is 19.5 Å². The molecule has 2 amide bonds. The number of carbonyl (C=O) groups is 3. The van der Waals surface area contributed by atoms with Crippen molar-refractivity contribution in [1.29, 1.82) is 0 Å². The first-order chi connectivity index (χ1) is 16.2. The van der Waals surface area contributed by atoms with Gasteiger partial charge in [0.25, 0.3) is 5.91 Å². The highest BCUT2D eigenvalue weighted by Crippen LogP contribution is 2.40. The number of aliphatic carboxylic acids is 1. The molecule has 0 atom stereocenters. The molecular weight excluding hydrogens is 452 g/mol. The van der Waals surface area contributed by atoms with Gasteiger partial charge in [-0.25, -0.2) is 9.99 Å². The first-order valence-corrected chi connectivity index (χ1v) is 12.0.